The van der Waals surface area contributed by atoms with Crippen LogP contribution in [0.5, 0.6) is 0 Å². The molecular weight excluding hydrogens is 494 g/mol. The fourth-order valence-electron chi connectivity index (χ4n) is 3.08. The van der Waals surface area contributed by atoms with Gasteiger partial charge in [-0.2, -0.15) is 5.26 Å². The number of fused-ring (bicyclic) bond motifs is 1. The second kappa shape index (κ2) is 11.2. The maximum atomic E-state index is 12.6. The number of rotatable bonds is 11. The molecule has 176 valence electrons. The monoisotopic (exact) mass is 513 g/mol. The van der Waals surface area contributed by atoms with E-state index in [2.05, 4.69) is 26.2 Å². The summed E-state index contributed by atoms with van der Waals surface area (Å²) >= 11 is 3.69. The molecule has 1 saturated heterocycles. The number of urea groups is 1. The highest BCUT2D eigenvalue weighted by molar-refractivity contribution is 8.01. The summed E-state index contributed by atoms with van der Waals surface area (Å²) in [7, 11) is 0. The molecule has 0 bridgehead atoms. The largest absolute Gasteiger partial charge is 0.477 e. The second-order valence-corrected chi connectivity index (χ2v) is 9.66. The predicted octanol–water partition coefficient (Wildman–Crippen LogP) is -1.57. The Labute approximate surface area is 200 Å². The molecule has 2 aliphatic heterocycles. The summed E-state index contributed by atoms with van der Waals surface area (Å²) in [5.74, 6) is -1.32. The lowest BCUT2D eigenvalue weighted by atomic mass is 10.0. The Hall–Kier alpha value is -2.97. The van der Waals surface area contributed by atoms with Crippen LogP contribution in [-0.2, 0) is 20.9 Å². The zero-order valence-corrected chi connectivity index (χ0v) is 19.4. The molecule has 0 radical (unpaired) electrons. The van der Waals surface area contributed by atoms with E-state index in [4.69, 9.17) is 11.0 Å². The molecule has 0 spiro atoms. The van der Waals surface area contributed by atoms with E-state index in [1.54, 1.807) is 0 Å². The zero-order chi connectivity index (χ0) is 24.0. The van der Waals surface area contributed by atoms with Gasteiger partial charge in [0.15, 0.2) is 0 Å². The average molecular weight is 514 g/mol. The number of nitrogens with zero attached hydrogens (tertiary/aromatic N) is 6. The van der Waals surface area contributed by atoms with Crippen LogP contribution in [0.1, 0.15) is 0 Å². The lowest BCUT2D eigenvalue weighted by molar-refractivity contribution is -0.150. The molecule has 2 atom stereocenters. The van der Waals surface area contributed by atoms with Crippen molar-refractivity contribution < 1.29 is 24.3 Å². The van der Waals surface area contributed by atoms with Gasteiger partial charge in [0.25, 0.3) is 5.91 Å². The van der Waals surface area contributed by atoms with Crippen LogP contribution < -0.4 is 16.4 Å². The highest BCUT2D eigenvalue weighted by Crippen LogP contribution is 2.41. The SMILES string of the molecule is N#CCSCC(=O)NC1C(=O)N2C(C(=O)O)=C(CSc3nnnn3CCNC(N)=O)CS[C@H]12. The van der Waals surface area contributed by atoms with Crippen molar-refractivity contribution in [2.45, 2.75) is 23.1 Å². The van der Waals surface area contributed by atoms with Crippen molar-refractivity contribution in [3.8, 4) is 6.07 Å². The molecule has 1 aromatic heterocycles. The van der Waals surface area contributed by atoms with Crippen molar-refractivity contribution in [2.75, 3.05) is 29.6 Å². The molecule has 17 heteroatoms. The fourth-order valence-corrected chi connectivity index (χ4v) is 5.93. The third-order valence-electron chi connectivity index (χ3n) is 4.46. The number of primary amides is 1. The summed E-state index contributed by atoms with van der Waals surface area (Å²) in [5, 5.41) is 34.6. The number of aliphatic carboxylic acids is 1. The number of carbonyl (C=O) groups excluding carboxylic acids is 3. The van der Waals surface area contributed by atoms with Gasteiger partial charge in [-0.1, -0.05) is 11.8 Å². The lowest BCUT2D eigenvalue weighted by Gasteiger charge is -2.49. The van der Waals surface area contributed by atoms with Crippen LogP contribution in [0.3, 0.4) is 0 Å². The number of carboxylic acids is 1. The Kier molecular flexibility index (Phi) is 8.41. The summed E-state index contributed by atoms with van der Waals surface area (Å²) in [6, 6.07) is 0.440. The van der Waals surface area contributed by atoms with Gasteiger partial charge in [0.1, 0.15) is 17.1 Å². The highest BCUT2D eigenvalue weighted by atomic mass is 32.2. The normalized spacial score (nSPS) is 19.4. The van der Waals surface area contributed by atoms with Crippen LogP contribution >= 0.6 is 35.3 Å². The third kappa shape index (κ3) is 5.89. The van der Waals surface area contributed by atoms with Gasteiger partial charge in [-0.05, 0) is 16.0 Å². The van der Waals surface area contributed by atoms with Crippen molar-refractivity contribution >= 4 is 59.1 Å². The Morgan fingerprint density at radius 1 is 1.39 bits per heavy atom. The van der Waals surface area contributed by atoms with Crippen molar-refractivity contribution in [3.05, 3.63) is 11.3 Å². The Morgan fingerprint density at radius 2 is 2.18 bits per heavy atom. The number of nitriles is 1. The quantitative estimate of drug-likeness (QED) is 0.150. The first-order valence-electron chi connectivity index (χ1n) is 9.39. The number of amides is 4. The van der Waals surface area contributed by atoms with E-state index in [1.165, 1.54) is 33.1 Å². The molecule has 4 amide bonds. The molecule has 14 nitrogen and oxygen atoms in total. The third-order valence-corrected chi connectivity index (χ3v) is 7.65. The molecule has 5 N–H and O–H groups in total. The topological polar surface area (TPSA) is 209 Å². The number of nitrogens with two attached hydrogens (primary N) is 1. The molecule has 0 aliphatic carbocycles. The van der Waals surface area contributed by atoms with Crippen LogP contribution in [0.15, 0.2) is 16.4 Å². The minimum atomic E-state index is -1.23. The van der Waals surface area contributed by atoms with Crippen molar-refractivity contribution in [2.24, 2.45) is 5.73 Å². The van der Waals surface area contributed by atoms with Gasteiger partial charge >= 0.3 is 12.0 Å². The number of carbonyl (C=O) groups is 4. The molecule has 2 aliphatic rings. The maximum absolute atomic E-state index is 12.6. The van der Waals surface area contributed by atoms with Gasteiger partial charge in [0.2, 0.25) is 11.1 Å². The fraction of sp³-hybridized carbons (Fsp3) is 0.500. The standard InChI is InChI=1S/C16H19N9O5S3/c17-1-4-31-7-9(26)20-10-12(27)25-11(14(28)29)8(5-32-13(10)25)6-33-16-21-22-23-24(16)3-2-19-15(18)30/h10,13H,2-7H2,(H,20,26)(H,28,29)(H3,18,19,30)/t10?,13-/m1/s1. The van der Waals surface area contributed by atoms with E-state index in [-0.39, 0.29) is 42.0 Å². The Morgan fingerprint density at radius 3 is 2.88 bits per heavy atom. The first kappa shape index (κ1) is 24.7. The first-order chi connectivity index (χ1) is 15.8. The average Bonchev–Trinajstić information content (AvgIpc) is 3.22. The van der Waals surface area contributed by atoms with Crippen LogP contribution in [0.4, 0.5) is 4.79 Å². The minimum absolute atomic E-state index is 0.0436. The van der Waals surface area contributed by atoms with Crippen LogP contribution in [0.2, 0.25) is 0 Å². The summed E-state index contributed by atoms with van der Waals surface area (Å²) in [6.45, 7) is 0.498. The van der Waals surface area contributed by atoms with E-state index in [0.717, 1.165) is 11.8 Å². The van der Waals surface area contributed by atoms with Crippen LogP contribution in [0.25, 0.3) is 0 Å². The van der Waals surface area contributed by atoms with Gasteiger partial charge in [-0.25, -0.2) is 14.3 Å². The summed E-state index contributed by atoms with van der Waals surface area (Å²) < 4.78 is 1.45. The zero-order valence-electron chi connectivity index (χ0n) is 17.0. The van der Waals surface area contributed by atoms with E-state index < -0.39 is 29.3 Å². The van der Waals surface area contributed by atoms with E-state index in [0.29, 0.717) is 16.5 Å². The second-order valence-electron chi connectivity index (χ2n) is 6.63. The molecule has 1 unspecified atom stereocenters. The van der Waals surface area contributed by atoms with Gasteiger partial charge in [0, 0.05) is 18.1 Å². The van der Waals surface area contributed by atoms with Gasteiger partial charge < -0.3 is 21.5 Å². The number of thioether (sulfide) groups is 3. The summed E-state index contributed by atoms with van der Waals surface area (Å²) in [4.78, 5) is 48.6. The van der Waals surface area contributed by atoms with Crippen LogP contribution in [0, 0.1) is 11.3 Å². The van der Waals surface area contributed by atoms with Crippen molar-refractivity contribution in [3.63, 3.8) is 0 Å². The Balaban J connectivity index is 1.63. The summed E-state index contributed by atoms with van der Waals surface area (Å²) in [6.07, 6.45) is 0. The molecular formula is C16H19N9O5S3. The number of tetrazole rings is 1. The number of nitrogens with one attached hydrogen (secondary N) is 2. The highest BCUT2D eigenvalue weighted by Gasteiger charge is 2.54. The molecule has 3 rings (SSSR count). The maximum Gasteiger partial charge on any atom is 0.352 e. The number of hydrogen-bond acceptors (Lipinski definition) is 11. The van der Waals surface area contributed by atoms with Gasteiger partial charge in [-0.3, -0.25) is 14.5 Å². The number of β-lactam (4-membered cyclic amide) rings is 1. The van der Waals surface area contributed by atoms with Gasteiger partial charge in [-0.15, -0.1) is 28.6 Å². The summed E-state index contributed by atoms with van der Waals surface area (Å²) in [5.41, 5.74) is 5.45. The molecule has 3 heterocycles. The number of aromatic nitrogens is 4. The first-order valence-corrected chi connectivity index (χ1v) is 12.6. The molecule has 33 heavy (non-hydrogen) atoms. The Bertz CT molecular complexity index is 1020. The predicted molar refractivity (Wildman–Crippen MR) is 119 cm³/mol. The van der Waals surface area contributed by atoms with Crippen molar-refractivity contribution in [1.29, 1.82) is 5.26 Å². The van der Waals surface area contributed by atoms with E-state index in [9.17, 15) is 24.3 Å². The molecule has 1 aromatic rings. The molecule has 1 fully saturated rings. The minimum Gasteiger partial charge on any atom is -0.477 e. The van der Waals surface area contributed by atoms with Crippen molar-refractivity contribution in [1.82, 2.24) is 35.7 Å². The molecule has 0 saturated carbocycles. The van der Waals surface area contributed by atoms with Crippen LogP contribution in [-0.4, -0.2) is 95.0 Å². The van der Waals surface area contributed by atoms with E-state index in [1.807, 2.05) is 6.07 Å². The number of carboxylic acid groups (broad SMARTS) is 1. The molecule has 0 aromatic carbocycles. The van der Waals surface area contributed by atoms with Gasteiger partial charge in [0.05, 0.1) is 24.1 Å². The van der Waals surface area contributed by atoms with E-state index >= 15 is 0 Å². The smallest absolute Gasteiger partial charge is 0.352 e. The number of hydrogen-bond donors (Lipinski definition) is 4. The lowest BCUT2D eigenvalue weighted by Crippen LogP contribution is -2.70.